The van der Waals surface area contributed by atoms with Gasteiger partial charge in [0, 0.05) is 18.9 Å². The molecule has 1 heterocycles. The molecule has 0 aromatic carbocycles. The highest BCUT2D eigenvalue weighted by atomic mass is 16.7. The topological polar surface area (TPSA) is 91.4 Å². The van der Waals surface area contributed by atoms with Crippen molar-refractivity contribution in [1.82, 2.24) is 0 Å². The molecule has 7 nitrogen and oxygen atoms in total. The minimum atomic E-state index is -0.886. The Balaban J connectivity index is 2.33. The zero-order chi connectivity index (χ0) is 20.9. The van der Waals surface area contributed by atoms with Crippen LogP contribution in [0.4, 0.5) is 0 Å². The van der Waals surface area contributed by atoms with Crippen molar-refractivity contribution < 1.29 is 33.3 Å². The van der Waals surface area contributed by atoms with Gasteiger partial charge in [-0.15, -0.1) is 0 Å². The Morgan fingerprint density at radius 3 is 2.61 bits per heavy atom. The van der Waals surface area contributed by atoms with E-state index in [0.29, 0.717) is 31.3 Å². The Morgan fingerprint density at radius 1 is 1.32 bits per heavy atom. The summed E-state index contributed by atoms with van der Waals surface area (Å²) in [5.41, 5.74) is 0.619. The first-order valence-electron chi connectivity index (χ1n) is 9.66. The third kappa shape index (κ3) is 5.22. The second-order valence-electron chi connectivity index (χ2n) is 7.45. The number of rotatable bonds is 6. The maximum Gasteiger partial charge on any atom is 0.333 e. The molecular formula is C21H30O7. The lowest BCUT2D eigenvalue weighted by atomic mass is 9.83. The van der Waals surface area contributed by atoms with Gasteiger partial charge in [-0.25, -0.2) is 4.79 Å². The third-order valence-corrected chi connectivity index (χ3v) is 5.42. The molecule has 0 saturated carbocycles. The number of carbonyl (C=O) groups excluding carboxylic acids is 3. The van der Waals surface area contributed by atoms with E-state index in [2.05, 4.69) is 6.58 Å². The van der Waals surface area contributed by atoms with Gasteiger partial charge in [0.25, 0.3) is 0 Å². The van der Waals surface area contributed by atoms with Crippen molar-refractivity contribution >= 4 is 17.9 Å². The molecule has 2 aliphatic rings. The van der Waals surface area contributed by atoms with Crippen LogP contribution < -0.4 is 0 Å². The van der Waals surface area contributed by atoms with Gasteiger partial charge in [-0.1, -0.05) is 25.2 Å². The van der Waals surface area contributed by atoms with Crippen molar-refractivity contribution in [2.75, 3.05) is 13.7 Å². The summed E-state index contributed by atoms with van der Waals surface area (Å²) >= 11 is 0. The van der Waals surface area contributed by atoms with Crippen molar-refractivity contribution in [2.45, 2.75) is 70.7 Å². The molecule has 4 atom stereocenters. The van der Waals surface area contributed by atoms with Crippen LogP contribution in [-0.4, -0.2) is 49.4 Å². The van der Waals surface area contributed by atoms with Crippen LogP contribution in [0.1, 0.15) is 52.9 Å². The molecule has 1 saturated heterocycles. The summed E-state index contributed by atoms with van der Waals surface area (Å²) in [5, 5.41) is 0. The van der Waals surface area contributed by atoms with Gasteiger partial charge < -0.3 is 18.9 Å². The van der Waals surface area contributed by atoms with E-state index in [-0.39, 0.29) is 37.0 Å². The van der Waals surface area contributed by atoms with Crippen LogP contribution in [0.2, 0.25) is 0 Å². The summed E-state index contributed by atoms with van der Waals surface area (Å²) in [6.07, 6.45) is 3.35. The highest BCUT2D eigenvalue weighted by Gasteiger charge is 2.64. The van der Waals surface area contributed by atoms with Gasteiger partial charge >= 0.3 is 17.9 Å². The lowest BCUT2D eigenvalue weighted by Crippen LogP contribution is -2.42. The summed E-state index contributed by atoms with van der Waals surface area (Å²) < 4.78 is 21.8. The summed E-state index contributed by atoms with van der Waals surface area (Å²) in [5.74, 6) is -1.13. The zero-order valence-corrected chi connectivity index (χ0v) is 17.1. The zero-order valence-electron chi connectivity index (χ0n) is 17.1. The maximum atomic E-state index is 12.1. The van der Waals surface area contributed by atoms with Crippen molar-refractivity contribution in [3.63, 3.8) is 0 Å². The van der Waals surface area contributed by atoms with Gasteiger partial charge in [0.1, 0.15) is 12.7 Å². The molecule has 1 aliphatic heterocycles. The molecule has 156 valence electrons. The Hall–Kier alpha value is -2.15. The van der Waals surface area contributed by atoms with E-state index in [9.17, 15) is 14.4 Å². The number of epoxide rings is 1. The fourth-order valence-electron chi connectivity index (χ4n) is 3.63. The van der Waals surface area contributed by atoms with Crippen molar-refractivity contribution in [3.8, 4) is 0 Å². The molecule has 28 heavy (non-hydrogen) atoms. The molecule has 0 amide bonds. The van der Waals surface area contributed by atoms with Crippen molar-refractivity contribution in [1.29, 1.82) is 0 Å². The monoisotopic (exact) mass is 394 g/mol. The van der Waals surface area contributed by atoms with Gasteiger partial charge in [-0.2, -0.15) is 0 Å². The quantitative estimate of drug-likeness (QED) is 0.296. The van der Waals surface area contributed by atoms with Crippen LogP contribution >= 0.6 is 0 Å². The highest BCUT2D eigenvalue weighted by Crippen LogP contribution is 2.48. The van der Waals surface area contributed by atoms with Crippen molar-refractivity contribution in [3.05, 3.63) is 23.8 Å². The predicted octanol–water partition coefficient (Wildman–Crippen LogP) is 2.87. The molecule has 0 aromatic heterocycles. The van der Waals surface area contributed by atoms with Crippen LogP contribution in [0.15, 0.2) is 23.8 Å². The fraction of sp³-hybridized carbons (Fsp3) is 0.667. The molecule has 0 radical (unpaired) electrons. The normalized spacial score (nSPS) is 29.6. The first kappa shape index (κ1) is 22.1. The molecule has 0 spiro atoms. The molecule has 2 rings (SSSR count). The number of carbonyl (C=O) groups is 3. The molecular weight excluding hydrogens is 364 g/mol. The van der Waals surface area contributed by atoms with E-state index in [1.54, 1.807) is 6.92 Å². The number of hydrogen-bond acceptors (Lipinski definition) is 7. The number of hydrogen-bond donors (Lipinski definition) is 0. The van der Waals surface area contributed by atoms with Crippen LogP contribution in [0.25, 0.3) is 0 Å². The minimum Gasteiger partial charge on any atom is -0.466 e. The fourth-order valence-corrected chi connectivity index (χ4v) is 3.63. The van der Waals surface area contributed by atoms with Gasteiger partial charge in [0.2, 0.25) is 0 Å². The van der Waals surface area contributed by atoms with Crippen LogP contribution in [0, 0.1) is 5.92 Å². The average Bonchev–Trinajstić information content (AvgIpc) is 3.37. The Morgan fingerprint density at radius 2 is 2.04 bits per heavy atom. The van der Waals surface area contributed by atoms with Crippen LogP contribution in [0.5, 0.6) is 0 Å². The smallest absolute Gasteiger partial charge is 0.333 e. The lowest BCUT2D eigenvalue weighted by molar-refractivity contribution is -0.156. The molecule has 7 heteroatoms. The highest BCUT2D eigenvalue weighted by molar-refractivity contribution is 5.88. The van der Waals surface area contributed by atoms with E-state index in [0.717, 1.165) is 5.57 Å². The van der Waals surface area contributed by atoms with Crippen LogP contribution in [-0.2, 0) is 33.3 Å². The Bertz CT molecular complexity index is 666. The molecule has 0 N–H and O–H groups in total. The second-order valence-corrected chi connectivity index (χ2v) is 7.45. The number of methoxy groups -OCH3 is 1. The molecule has 1 fully saturated rings. The Kier molecular flexibility index (Phi) is 7.41. The minimum absolute atomic E-state index is 0.0163. The number of fused-ring (bicyclic) bond motifs is 1. The first-order valence-corrected chi connectivity index (χ1v) is 9.66. The van der Waals surface area contributed by atoms with Gasteiger partial charge in [0.15, 0.2) is 5.60 Å². The SMILES string of the molecule is C=C(C)C1CC=C(C(=O)OC)CCC2OC2(COC(=O)CC)C(OC(C)=O)C1. The predicted molar refractivity (Wildman–Crippen MR) is 101 cm³/mol. The number of esters is 3. The number of ether oxygens (including phenoxy) is 4. The van der Waals surface area contributed by atoms with E-state index >= 15 is 0 Å². The Labute approximate surface area is 166 Å². The first-order chi connectivity index (χ1) is 13.2. The maximum absolute atomic E-state index is 12.1. The molecule has 1 aliphatic carbocycles. The van der Waals surface area contributed by atoms with Gasteiger partial charge in [0.05, 0.1) is 13.2 Å². The summed E-state index contributed by atoms with van der Waals surface area (Å²) in [4.78, 5) is 35.5. The largest absolute Gasteiger partial charge is 0.466 e. The van der Waals surface area contributed by atoms with Gasteiger partial charge in [-0.05, 0) is 38.5 Å². The van der Waals surface area contributed by atoms with E-state index < -0.39 is 17.7 Å². The third-order valence-electron chi connectivity index (χ3n) is 5.42. The average molecular weight is 394 g/mol. The standard InChI is InChI=1S/C21H30O7/c1-6-19(23)26-12-21-17(28-21)10-9-15(20(24)25-5)7-8-16(13(2)3)11-18(21)27-14(4)22/h7,16-18H,2,6,8-12H2,1,3-5H3. The second kappa shape index (κ2) is 9.37. The van der Waals surface area contributed by atoms with Gasteiger partial charge in [-0.3, -0.25) is 9.59 Å². The van der Waals surface area contributed by atoms with E-state index in [1.807, 2.05) is 13.0 Å². The summed E-state index contributed by atoms with van der Waals surface area (Å²) in [6, 6.07) is 0. The summed E-state index contributed by atoms with van der Waals surface area (Å²) in [6.45, 7) is 9.04. The van der Waals surface area contributed by atoms with E-state index in [4.69, 9.17) is 18.9 Å². The van der Waals surface area contributed by atoms with E-state index in [1.165, 1.54) is 14.0 Å². The molecule has 0 aromatic rings. The van der Waals surface area contributed by atoms with Crippen LogP contribution in [0.3, 0.4) is 0 Å². The van der Waals surface area contributed by atoms with Crippen molar-refractivity contribution in [2.24, 2.45) is 5.92 Å². The molecule has 0 bridgehead atoms. The number of allylic oxidation sites excluding steroid dienone is 2. The lowest BCUT2D eigenvalue weighted by Gasteiger charge is -2.29. The molecule has 4 unspecified atom stereocenters. The summed E-state index contributed by atoms with van der Waals surface area (Å²) in [7, 11) is 1.36.